The lowest BCUT2D eigenvalue weighted by Gasteiger charge is -2.39. The average molecular weight is 469 g/mol. The molecule has 0 bridgehead atoms. The molecule has 1 saturated carbocycles. The Morgan fingerprint density at radius 1 is 1.15 bits per heavy atom. The zero-order chi connectivity index (χ0) is 24.1. The van der Waals surface area contributed by atoms with Crippen LogP contribution in [0.15, 0.2) is 42.5 Å². The van der Waals surface area contributed by atoms with Crippen LogP contribution in [-0.4, -0.2) is 49.6 Å². The molecule has 0 radical (unpaired) electrons. The highest BCUT2D eigenvalue weighted by molar-refractivity contribution is 5.81. The first-order chi connectivity index (χ1) is 16.5. The van der Waals surface area contributed by atoms with Crippen molar-refractivity contribution in [2.24, 2.45) is 5.92 Å². The lowest BCUT2D eigenvalue weighted by molar-refractivity contribution is -0.137. The molecule has 4 rings (SSSR count). The van der Waals surface area contributed by atoms with Gasteiger partial charge in [-0.25, -0.2) is 4.39 Å². The lowest BCUT2D eigenvalue weighted by atomic mass is 9.87. The number of methoxy groups -OCH3 is 1. The zero-order valence-corrected chi connectivity index (χ0v) is 19.9. The third kappa shape index (κ3) is 5.41. The van der Waals surface area contributed by atoms with Crippen molar-refractivity contribution in [3.8, 4) is 5.75 Å². The maximum absolute atomic E-state index is 13.7. The summed E-state index contributed by atoms with van der Waals surface area (Å²) in [6.07, 6.45) is 4.10. The molecule has 7 heteroatoms. The molecule has 6 nitrogen and oxygen atoms in total. The number of ether oxygens (including phenoxy) is 2. The van der Waals surface area contributed by atoms with E-state index in [2.05, 4.69) is 5.32 Å². The molecule has 2 aliphatic rings. The van der Waals surface area contributed by atoms with Crippen molar-refractivity contribution < 1.29 is 23.5 Å². The number of nitrogens with zero attached hydrogens (tertiary/aromatic N) is 1. The van der Waals surface area contributed by atoms with E-state index in [-0.39, 0.29) is 29.6 Å². The van der Waals surface area contributed by atoms with E-state index in [9.17, 15) is 14.0 Å². The highest BCUT2D eigenvalue weighted by Gasteiger charge is 2.36. The molecule has 0 saturated heterocycles. The Morgan fingerprint density at radius 3 is 2.59 bits per heavy atom. The molecule has 1 heterocycles. The van der Waals surface area contributed by atoms with Crippen LogP contribution in [0.2, 0.25) is 0 Å². The van der Waals surface area contributed by atoms with Crippen LogP contribution in [0.5, 0.6) is 5.75 Å². The maximum Gasteiger partial charge on any atom is 0.260 e. The van der Waals surface area contributed by atoms with Crippen molar-refractivity contribution in [1.82, 2.24) is 10.2 Å². The van der Waals surface area contributed by atoms with Crippen molar-refractivity contribution in [1.29, 1.82) is 0 Å². The molecule has 34 heavy (non-hydrogen) atoms. The lowest BCUT2D eigenvalue weighted by Crippen LogP contribution is -2.43. The van der Waals surface area contributed by atoms with E-state index < -0.39 is 6.10 Å². The minimum atomic E-state index is -0.681. The monoisotopic (exact) mass is 468 g/mol. The summed E-state index contributed by atoms with van der Waals surface area (Å²) in [5.74, 6) is 0.270. The predicted octanol–water partition coefficient (Wildman–Crippen LogP) is 4.02. The number of carbonyl (C=O) groups excluding carboxylic acids is 2. The molecule has 2 atom stereocenters. The topological polar surface area (TPSA) is 67.9 Å². The van der Waals surface area contributed by atoms with Gasteiger partial charge in [0.15, 0.2) is 6.10 Å². The van der Waals surface area contributed by atoms with Crippen LogP contribution in [0.1, 0.15) is 55.3 Å². The van der Waals surface area contributed by atoms with Gasteiger partial charge < -0.3 is 19.7 Å². The number of benzene rings is 2. The predicted molar refractivity (Wildman–Crippen MR) is 127 cm³/mol. The fourth-order valence-electron chi connectivity index (χ4n) is 4.99. The van der Waals surface area contributed by atoms with Gasteiger partial charge in [0.2, 0.25) is 5.91 Å². The Kier molecular flexibility index (Phi) is 7.83. The van der Waals surface area contributed by atoms with Crippen molar-refractivity contribution in [3.05, 3.63) is 65.0 Å². The van der Waals surface area contributed by atoms with E-state index in [0.29, 0.717) is 25.4 Å². The van der Waals surface area contributed by atoms with Crippen molar-refractivity contribution in [2.75, 3.05) is 26.8 Å². The summed E-state index contributed by atoms with van der Waals surface area (Å²) >= 11 is 0. The summed E-state index contributed by atoms with van der Waals surface area (Å²) in [7, 11) is 1.58. The molecule has 182 valence electrons. The molecule has 1 aliphatic carbocycles. The zero-order valence-electron chi connectivity index (χ0n) is 19.9. The molecule has 0 aromatic heterocycles. The van der Waals surface area contributed by atoms with Crippen molar-refractivity contribution in [2.45, 2.75) is 51.2 Å². The van der Waals surface area contributed by atoms with Gasteiger partial charge in [-0.1, -0.05) is 31.0 Å². The summed E-state index contributed by atoms with van der Waals surface area (Å²) in [6.45, 7) is 3.18. The molecule has 0 spiro atoms. The van der Waals surface area contributed by atoms with Gasteiger partial charge in [-0.05, 0) is 67.1 Å². The summed E-state index contributed by atoms with van der Waals surface area (Å²) in [5.41, 5.74) is 2.97. The molecule has 2 aromatic rings. The standard InChI is InChI=1S/C27H33FN2O4/c1-18(26(31)29-14-16-33-2)34-23-12-9-19-13-15-30(27(32)21-5-3-4-6-21)25(24(19)17-23)20-7-10-22(28)11-8-20/h7-12,17-18,21,25H,3-6,13-16H2,1-2H3,(H,29,31). The van der Waals surface area contributed by atoms with Crippen LogP contribution in [0.3, 0.4) is 0 Å². The Balaban J connectivity index is 1.62. The van der Waals surface area contributed by atoms with Crippen LogP contribution in [0.4, 0.5) is 4.39 Å². The van der Waals surface area contributed by atoms with Gasteiger partial charge in [0, 0.05) is 26.1 Å². The summed E-state index contributed by atoms with van der Waals surface area (Å²) in [6, 6.07) is 11.9. The molecule has 2 amide bonds. The van der Waals surface area contributed by atoms with Gasteiger partial charge in [-0.2, -0.15) is 0 Å². The maximum atomic E-state index is 13.7. The molecule has 2 aromatic carbocycles. The summed E-state index contributed by atoms with van der Waals surface area (Å²) in [4.78, 5) is 27.8. The molecular weight excluding hydrogens is 435 g/mol. The van der Waals surface area contributed by atoms with Crippen molar-refractivity contribution in [3.63, 3.8) is 0 Å². The van der Waals surface area contributed by atoms with E-state index in [1.807, 2.05) is 23.1 Å². The molecule has 2 unspecified atom stereocenters. The van der Waals surface area contributed by atoms with Gasteiger partial charge in [0.25, 0.3) is 5.91 Å². The third-order valence-electron chi connectivity index (χ3n) is 6.81. The van der Waals surface area contributed by atoms with Crippen LogP contribution < -0.4 is 10.1 Å². The molecule has 1 N–H and O–H groups in total. The minimum Gasteiger partial charge on any atom is -0.481 e. The molecule has 1 fully saturated rings. The van der Waals surface area contributed by atoms with Gasteiger partial charge in [0.05, 0.1) is 12.6 Å². The first-order valence-corrected chi connectivity index (χ1v) is 12.1. The van der Waals surface area contributed by atoms with Crippen LogP contribution in [0, 0.1) is 11.7 Å². The van der Waals surface area contributed by atoms with Crippen LogP contribution in [0.25, 0.3) is 0 Å². The number of fused-ring (bicyclic) bond motifs is 1. The van der Waals surface area contributed by atoms with Gasteiger partial charge in [-0.3, -0.25) is 9.59 Å². The highest BCUT2D eigenvalue weighted by Crippen LogP contribution is 2.39. The van der Waals surface area contributed by atoms with E-state index >= 15 is 0 Å². The first kappa shape index (κ1) is 24.2. The second-order valence-corrected chi connectivity index (χ2v) is 9.12. The number of hydrogen-bond acceptors (Lipinski definition) is 4. The number of halogens is 1. The fraction of sp³-hybridized carbons (Fsp3) is 0.481. The van der Waals surface area contributed by atoms with Gasteiger partial charge >= 0.3 is 0 Å². The van der Waals surface area contributed by atoms with Gasteiger partial charge in [-0.15, -0.1) is 0 Å². The van der Waals surface area contributed by atoms with E-state index in [1.54, 1.807) is 26.2 Å². The Labute approximate surface area is 200 Å². The quantitative estimate of drug-likeness (QED) is 0.595. The Bertz CT molecular complexity index is 1000. The van der Waals surface area contributed by atoms with E-state index in [1.165, 1.54) is 12.1 Å². The largest absolute Gasteiger partial charge is 0.481 e. The summed E-state index contributed by atoms with van der Waals surface area (Å²) < 4.78 is 24.6. The Hall–Kier alpha value is -2.93. The van der Waals surface area contributed by atoms with Crippen LogP contribution >= 0.6 is 0 Å². The van der Waals surface area contributed by atoms with Gasteiger partial charge in [0.1, 0.15) is 11.6 Å². The molecular formula is C27H33FN2O4. The number of carbonyl (C=O) groups is 2. The normalized spacial score (nSPS) is 18.9. The first-order valence-electron chi connectivity index (χ1n) is 12.1. The highest BCUT2D eigenvalue weighted by atomic mass is 19.1. The molecule has 1 aliphatic heterocycles. The van der Waals surface area contributed by atoms with E-state index in [4.69, 9.17) is 9.47 Å². The third-order valence-corrected chi connectivity index (χ3v) is 6.81. The van der Waals surface area contributed by atoms with Crippen molar-refractivity contribution >= 4 is 11.8 Å². The SMILES string of the molecule is COCCNC(=O)C(C)Oc1ccc2c(c1)C(c1ccc(F)cc1)N(C(=O)C1CCCC1)CC2. The fourth-order valence-corrected chi connectivity index (χ4v) is 4.99. The smallest absolute Gasteiger partial charge is 0.260 e. The Morgan fingerprint density at radius 2 is 1.88 bits per heavy atom. The number of rotatable bonds is 8. The van der Waals surface area contributed by atoms with E-state index in [0.717, 1.165) is 48.8 Å². The second kappa shape index (κ2) is 11.0. The van der Waals surface area contributed by atoms with Crippen LogP contribution in [-0.2, 0) is 20.7 Å². The number of amides is 2. The second-order valence-electron chi connectivity index (χ2n) is 9.12. The average Bonchev–Trinajstić information content (AvgIpc) is 3.38. The summed E-state index contributed by atoms with van der Waals surface area (Å²) in [5, 5.41) is 2.78. The minimum absolute atomic E-state index is 0.0553. The number of hydrogen-bond donors (Lipinski definition) is 1. The number of nitrogens with one attached hydrogen (secondary N) is 1.